The maximum atomic E-state index is 5.55. The molecular weight excluding hydrogens is 184 g/mol. The van der Waals surface area contributed by atoms with E-state index in [4.69, 9.17) is 10.5 Å². The molecule has 0 saturated carbocycles. The van der Waals surface area contributed by atoms with Crippen LogP contribution in [-0.2, 0) is 11.3 Å². The molecule has 0 saturated heterocycles. The van der Waals surface area contributed by atoms with Gasteiger partial charge in [-0.3, -0.25) is 4.98 Å². The van der Waals surface area contributed by atoms with Crippen LogP contribution in [0.1, 0.15) is 5.69 Å². The molecule has 0 aliphatic carbocycles. The van der Waals surface area contributed by atoms with Crippen molar-refractivity contribution in [2.24, 2.45) is 5.73 Å². The van der Waals surface area contributed by atoms with Crippen molar-refractivity contribution < 1.29 is 4.74 Å². The smallest absolute Gasteiger partial charge is 0.0674 e. The molecule has 3 nitrogen and oxygen atoms in total. The third kappa shape index (κ3) is 3.34. The summed E-state index contributed by atoms with van der Waals surface area (Å²) < 4.78 is 4.96. The molecule has 0 unspecified atom stereocenters. The van der Waals surface area contributed by atoms with E-state index < -0.39 is 0 Å². The Bertz CT molecular complexity index is 255. The van der Waals surface area contributed by atoms with Gasteiger partial charge in [0, 0.05) is 30.5 Å². The number of thioether (sulfide) groups is 1. The summed E-state index contributed by atoms with van der Waals surface area (Å²) in [6.07, 6.45) is 1.77. The molecule has 1 heterocycles. The molecule has 0 fully saturated rings. The van der Waals surface area contributed by atoms with Crippen LogP contribution >= 0.6 is 11.8 Å². The van der Waals surface area contributed by atoms with Gasteiger partial charge < -0.3 is 10.5 Å². The van der Waals surface area contributed by atoms with E-state index in [1.165, 1.54) is 0 Å². The zero-order valence-electron chi connectivity index (χ0n) is 7.69. The molecule has 0 atom stereocenters. The van der Waals surface area contributed by atoms with Gasteiger partial charge in [0.25, 0.3) is 0 Å². The lowest BCUT2D eigenvalue weighted by atomic mass is 10.3. The number of rotatable bonds is 5. The van der Waals surface area contributed by atoms with Crippen molar-refractivity contribution in [1.82, 2.24) is 4.98 Å². The monoisotopic (exact) mass is 198 g/mol. The van der Waals surface area contributed by atoms with Crippen molar-refractivity contribution in [3.05, 3.63) is 24.0 Å². The minimum atomic E-state index is 0.496. The van der Waals surface area contributed by atoms with Crippen LogP contribution in [0.15, 0.2) is 23.2 Å². The van der Waals surface area contributed by atoms with Crippen molar-refractivity contribution in [2.45, 2.75) is 11.4 Å². The maximum Gasteiger partial charge on any atom is 0.0674 e. The summed E-state index contributed by atoms with van der Waals surface area (Å²) in [5.41, 5.74) is 6.51. The van der Waals surface area contributed by atoms with Gasteiger partial charge in [0.2, 0.25) is 0 Å². The highest BCUT2D eigenvalue weighted by molar-refractivity contribution is 7.99. The fourth-order valence-electron chi connectivity index (χ4n) is 0.943. The molecule has 1 aromatic heterocycles. The fourth-order valence-corrected chi connectivity index (χ4v) is 1.89. The Morgan fingerprint density at radius 1 is 1.62 bits per heavy atom. The molecular formula is C9H14N2OS. The highest BCUT2D eigenvalue weighted by Gasteiger charge is 2.00. The predicted molar refractivity (Wildman–Crippen MR) is 54.7 cm³/mol. The average Bonchev–Trinajstić information content (AvgIpc) is 2.19. The number of hydrogen-bond acceptors (Lipinski definition) is 4. The first-order valence-corrected chi connectivity index (χ1v) is 5.12. The number of methoxy groups -OCH3 is 1. The largest absolute Gasteiger partial charge is 0.384 e. The lowest BCUT2D eigenvalue weighted by Crippen LogP contribution is -2.02. The molecule has 0 amide bonds. The van der Waals surface area contributed by atoms with Gasteiger partial charge in [-0.15, -0.1) is 11.8 Å². The van der Waals surface area contributed by atoms with Crippen LogP contribution in [0.3, 0.4) is 0 Å². The normalized spacial score (nSPS) is 10.3. The van der Waals surface area contributed by atoms with Gasteiger partial charge in [-0.1, -0.05) is 0 Å². The van der Waals surface area contributed by atoms with Crippen molar-refractivity contribution in [2.75, 3.05) is 19.5 Å². The number of ether oxygens (including phenoxy) is 1. The second kappa shape index (κ2) is 5.96. The third-order valence-corrected chi connectivity index (χ3v) is 2.64. The van der Waals surface area contributed by atoms with E-state index in [1.807, 2.05) is 12.1 Å². The topological polar surface area (TPSA) is 48.1 Å². The van der Waals surface area contributed by atoms with E-state index in [1.54, 1.807) is 25.1 Å². The first-order chi connectivity index (χ1) is 6.38. The fraction of sp³-hybridized carbons (Fsp3) is 0.444. The molecule has 2 N–H and O–H groups in total. The number of hydrogen-bond donors (Lipinski definition) is 1. The van der Waals surface area contributed by atoms with Crippen LogP contribution in [0.2, 0.25) is 0 Å². The molecule has 13 heavy (non-hydrogen) atoms. The van der Waals surface area contributed by atoms with Gasteiger partial charge in [0.15, 0.2) is 0 Å². The van der Waals surface area contributed by atoms with Gasteiger partial charge >= 0.3 is 0 Å². The Hall–Kier alpha value is -0.580. The van der Waals surface area contributed by atoms with Crippen LogP contribution in [0.25, 0.3) is 0 Å². The highest BCUT2D eigenvalue weighted by Crippen LogP contribution is 2.19. The Kier molecular flexibility index (Phi) is 4.82. The van der Waals surface area contributed by atoms with E-state index >= 15 is 0 Å². The molecule has 0 aliphatic heterocycles. The molecule has 0 spiro atoms. The second-order valence-corrected chi connectivity index (χ2v) is 3.63. The summed E-state index contributed by atoms with van der Waals surface area (Å²) in [5.74, 6) is 0.940. The average molecular weight is 198 g/mol. The van der Waals surface area contributed by atoms with Crippen LogP contribution in [0.5, 0.6) is 0 Å². The molecule has 0 bridgehead atoms. The standard InChI is InChI=1S/C9H14N2OS/c1-12-5-6-13-9-3-2-4-11-8(9)7-10/h2-4H,5-7,10H2,1H3. The van der Waals surface area contributed by atoms with E-state index in [-0.39, 0.29) is 0 Å². The van der Waals surface area contributed by atoms with E-state index in [0.717, 1.165) is 22.9 Å². The van der Waals surface area contributed by atoms with Crippen LogP contribution in [-0.4, -0.2) is 24.5 Å². The molecule has 1 aromatic rings. The highest BCUT2D eigenvalue weighted by atomic mass is 32.2. The minimum Gasteiger partial charge on any atom is -0.384 e. The Morgan fingerprint density at radius 3 is 3.15 bits per heavy atom. The number of aromatic nitrogens is 1. The van der Waals surface area contributed by atoms with Crippen molar-refractivity contribution in [3.8, 4) is 0 Å². The molecule has 1 rings (SSSR count). The first-order valence-electron chi connectivity index (χ1n) is 4.14. The van der Waals surface area contributed by atoms with Crippen LogP contribution < -0.4 is 5.73 Å². The summed E-state index contributed by atoms with van der Waals surface area (Å²) in [7, 11) is 1.70. The van der Waals surface area contributed by atoms with Crippen molar-refractivity contribution in [1.29, 1.82) is 0 Å². The molecule has 72 valence electrons. The summed E-state index contributed by atoms with van der Waals surface area (Å²) >= 11 is 1.73. The van der Waals surface area contributed by atoms with Gasteiger partial charge in [-0.05, 0) is 12.1 Å². The zero-order valence-corrected chi connectivity index (χ0v) is 8.51. The molecule has 0 aliphatic rings. The lowest BCUT2D eigenvalue weighted by molar-refractivity contribution is 0.218. The number of nitrogens with zero attached hydrogens (tertiary/aromatic N) is 1. The second-order valence-electron chi connectivity index (χ2n) is 2.49. The van der Waals surface area contributed by atoms with Crippen molar-refractivity contribution in [3.63, 3.8) is 0 Å². The van der Waals surface area contributed by atoms with Crippen LogP contribution in [0, 0.1) is 0 Å². The molecule has 0 aromatic carbocycles. The SMILES string of the molecule is COCCSc1cccnc1CN. The Labute approximate surface area is 82.7 Å². The van der Waals surface area contributed by atoms with Crippen LogP contribution in [0.4, 0.5) is 0 Å². The lowest BCUT2D eigenvalue weighted by Gasteiger charge is -2.04. The zero-order chi connectivity index (χ0) is 9.52. The molecule has 4 heteroatoms. The minimum absolute atomic E-state index is 0.496. The maximum absolute atomic E-state index is 5.55. The summed E-state index contributed by atoms with van der Waals surface area (Å²) in [6, 6.07) is 3.96. The quantitative estimate of drug-likeness (QED) is 0.572. The summed E-state index contributed by atoms with van der Waals surface area (Å²) in [6.45, 7) is 1.25. The first kappa shape index (κ1) is 10.5. The number of pyridine rings is 1. The van der Waals surface area contributed by atoms with Gasteiger partial charge in [0.1, 0.15) is 0 Å². The predicted octanol–water partition coefficient (Wildman–Crippen LogP) is 1.28. The summed E-state index contributed by atoms with van der Waals surface area (Å²) in [4.78, 5) is 5.34. The van der Waals surface area contributed by atoms with E-state index in [0.29, 0.717) is 6.54 Å². The summed E-state index contributed by atoms with van der Waals surface area (Å²) in [5, 5.41) is 0. The number of nitrogens with two attached hydrogens (primary N) is 1. The van der Waals surface area contributed by atoms with E-state index in [9.17, 15) is 0 Å². The Balaban J connectivity index is 2.54. The third-order valence-electron chi connectivity index (χ3n) is 1.59. The Morgan fingerprint density at radius 2 is 2.46 bits per heavy atom. The van der Waals surface area contributed by atoms with Gasteiger partial charge in [0.05, 0.1) is 12.3 Å². The van der Waals surface area contributed by atoms with Crippen molar-refractivity contribution >= 4 is 11.8 Å². The van der Waals surface area contributed by atoms with Gasteiger partial charge in [-0.25, -0.2) is 0 Å². The molecule has 0 radical (unpaired) electrons. The van der Waals surface area contributed by atoms with Gasteiger partial charge in [-0.2, -0.15) is 0 Å². The van der Waals surface area contributed by atoms with E-state index in [2.05, 4.69) is 4.98 Å².